The second-order valence-corrected chi connectivity index (χ2v) is 16.5. The van der Waals surface area contributed by atoms with Crippen molar-refractivity contribution < 1.29 is 48.2 Å². The molecule has 2 aliphatic rings. The number of rotatable bonds is 9. The Morgan fingerprint density at radius 1 is 0.963 bits per heavy atom. The van der Waals surface area contributed by atoms with Gasteiger partial charge in [-0.2, -0.15) is 0 Å². The lowest BCUT2D eigenvalue weighted by atomic mass is 9.70. The molecule has 1 aromatic heterocycles. The van der Waals surface area contributed by atoms with E-state index in [1.807, 2.05) is 84.0 Å². The Morgan fingerprint density at radius 2 is 1.63 bits per heavy atom. The molecule has 0 saturated carbocycles. The number of hydrogen-bond acceptors (Lipinski definition) is 11. The number of para-hydroxylation sites is 1. The summed E-state index contributed by atoms with van der Waals surface area (Å²) in [5, 5.41) is 24.2. The average molecular weight is 756 g/mol. The molecule has 2 fully saturated rings. The molecule has 11 heteroatoms. The topological polar surface area (TPSA) is 143 Å². The van der Waals surface area contributed by atoms with E-state index in [9.17, 15) is 19.8 Å². The smallest absolute Gasteiger partial charge is 0.311 e. The van der Waals surface area contributed by atoms with Gasteiger partial charge in [-0.1, -0.05) is 65.0 Å². The number of carbonyl (C=O) groups is 2. The van der Waals surface area contributed by atoms with Crippen LogP contribution in [0.2, 0.25) is 0 Å². The second kappa shape index (κ2) is 18.0. The third-order valence-corrected chi connectivity index (χ3v) is 12.6. The predicted octanol–water partition coefficient (Wildman–Crippen LogP) is 6.55. The van der Waals surface area contributed by atoms with Gasteiger partial charge in [0.25, 0.3) is 0 Å². The fourth-order valence-corrected chi connectivity index (χ4v) is 8.59. The number of aliphatic hydroxyl groups excluding tert-OH is 1. The zero-order chi connectivity index (χ0) is 40.2. The van der Waals surface area contributed by atoms with Crippen LogP contribution in [0.25, 0.3) is 17.0 Å². The van der Waals surface area contributed by atoms with Crippen molar-refractivity contribution in [2.45, 2.75) is 142 Å². The first-order valence-corrected chi connectivity index (χ1v) is 19.5. The van der Waals surface area contributed by atoms with E-state index < -0.39 is 77.3 Å². The third kappa shape index (κ3) is 9.42. The van der Waals surface area contributed by atoms with E-state index in [-0.39, 0.29) is 37.1 Å². The fraction of sp³-hybridized carbons (Fsp3) is 0.698. The van der Waals surface area contributed by atoms with Crippen LogP contribution in [0.5, 0.6) is 0 Å². The molecule has 0 amide bonds. The Balaban J connectivity index is 1.68. The number of aromatic nitrogens is 1. The summed E-state index contributed by atoms with van der Waals surface area (Å²) in [7, 11) is 3.18. The van der Waals surface area contributed by atoms with Gasteiger partial charge in [0.1, 0.15) is 23.6 Å². The molecular formula is C43H65NO10. The molecule has 0 radical (unpaired) electrons. The Labute approximate surface area is 322 Å². The molecule has 3 heterocycles. The number of hydrogen-bond donors (Lipinski definition) is 2. The number of ether oxygens (including phenoxy) is 6. The van der Waals surface area contributed by atoms with Crippen LogP contribution in [-0.2, 0) is 38.0 Å². The first-order valence-electron chi connectivity index (χ1n) is 19.5. The van der Waals surface area contributed by atoms with Crippen molar-refractivity contribution >= 4 is 28.7 Å². The number of pyridine rings is 1. The lowest BCUT2D eigenvalue weighted by Crippen LogP contribution is -2.59. The van der Waals surface area contributed by atoms with E-state index in [0.29, 0.717) is 6.42 Å². The molecular weight excluding hydrogens is 690 g/mol. The second-order valence-electron chi connectivity index (χ2n) is 16.5. The average Bonchev–Trinajstić information content (AvgIpc) is 3.15. The van der Waals surface area contributed by atoms with E-state index in [1.165, 1.54) is 0 Å². The van der Waals surface area contributed by atoms with Gasteiger partial charge in [0.15, 0.2) is 6.29 Å². The highest BCUT2D eigenvalue weighted by atomic mass is 16.7. The number of aliphatic hydroxyl groups is 2. The van der Waals surface area contributed by atoms with Crippen LogP contribution in [0.3, 0.4) is 0 Å². The number of fused-ring (bicyclic) bond motifs is 1. The maximum absolute atomic E-state index is 14.3. The fourth-order valence-electron chi connectivity index (χ4n) is 8.59. The number of nitrogens with zero attached hydrogens (tertiary/aromatic N) is 1. The summed E-state index contributed by atoms with van der Waals surface area (Å²) < 4.78 is 37.4. The summed E-state index contributed by atoms with van der Waals surface area (Å²) in [6.07, 6.45) is 1.38. The quantitative estimate of drug-likeness (QED) is 0.269. The standard InChI is InChI=1S/C43H65NO10/c1-13-34-43(10,48)39(51-20-16-17-31-21-32-18-14-15-19-33(32)44-24-31)27(4)36(45)25(2)22-41(8,49-11)29(6)26(3)37(28(5)40(47)53-34)54-35-23-42(9,50-12)38(46)30(7)52-35/h14-19,21,24-30,34-35,37-39,46,48H,13,20,22-23H2,1-12H3/b17-16+/t25-,26-,27+,28-,29-,30+,34-,35+,37+,38+,39-,41-,42-,43-/m1/s1. The van der Waals surface area contributed by atoms with Crippen LogP contribution >= 0.6 is 0 Å². The van der Waals surface area contributed by atoms with E-state index in [2.05, 4.69) is 4.98 Å². The molecule has 2 aromatic rings. The largest absolute Gasteiger partial charge is 0.459 e. The minimum absolute atomic E-state index is 0.0903. The monoisotopic (exact) mass is 755 g/mol. The van der Waals surface area contributed by atoms with E-state index in [4.69, 9.17) is 28.4 Å². The highest BCUT2D eigenvalue weighted by Crippen LogP contribution is 2.42. The lowest BCUT2D eigenvalue weighted by Gasteiger charge is -2.48. The Kier molecular flexibility index (Phi) is 14.7. The zero-order valence-electron chi connectivity index (χ0n) is 34.4. The number of benzene rings is 1. The third-order valence-electron chi connectivity index (χ3n) is 12.6. The predicted molar refractivity (Wildman–Crippen MR) is 207 cm³/mol. The molecule has 302 valence electrons. The number of ketones is 1. The number of methoxy groups -OCH3 is 2. The van der Waals surface area contributed by atoms with Gasteiger partial charge < -0.3 is 38.6 Å². The van der Waals surface area contributed by atoms with Gasteiger partial charge in [-0.15, -0.1) is 0 Å². The van der Waals surface area contributed by atoms with Gasteiger partial charge in [-0.05, 0) is 77.0 Å². The SMILES string of the molecule is CC[C@H]1OC(=O)[C@H](C)[C@@H](O[C@H]2C[C@@](C)(OC)[C@@H](O)[C@H](C)O2)[C@H](C)[C@@H](C)[C@](C)(OC)C[C@@H](C)C(=O)[C@H](C)[C@@H](OC/C=C/c2cnc3ccccc3c2)[C@]1(C)O. The van der Waals surface area contributed by atoms with E-state index in [0.717, 1.165) is 16.5 Å². The molecule has 0 bridgehead atoms. The molecule has 2 aliphatic heterocycles. The van der Waals surface area contributed by atoms with Crippen molar-refractivity contribution in [1.29, 1.82) is 0 Å². The van der Waals surface area contributed by atoms with E-state index >= 15 is 0 Å². The van der Waals surface area contributed by atoms with Crippen molar-refractivity contribution in [3.05, 3.63) is 48.2 Å². The molecule has 2 saturated heterocycles. The maximum Gasteiger partial charge on any atom is 0.311 e. The molecule has 4 rings (SSSR count). The maximum atomic E-state index is 14.3. The van der Waals surface area contributed by atoms with Gasteiger partial charge >= 0.3 is 5.97 Å². The van der Waals surface area contributed by atoms with Crippen molar-refractivity contribution in [2.75, 3.05) is 20.8 Å². The molecule has 11 nitrogen and oxygen atoms in total. The van der Waals surface area contributed by atoms with Gasteiger partial charge in [-0.25, -0.2) is 0 Å². The molecule has 1 aromatic carbocycles. The van der Waals surface area contributed by atoms with Crippen LogP contribution in [-0.4, -0.2) is 101 Å². The van der Waals surface area contributed by atoms with Crippen LogP contribution in [0.4, 0.5) is 0 Å². The summed E-state index contributed by atoms with van der Waals surface area (Å²) in [5.41, 5.74) is -1.70. The van der Waals surface area contributed by atoms with Crippen LogP contribution in [0.1, 0.15) is 94.1 Å². The summed E-state index contributed by atoms with van der Waals surface area (Å²) in [4.78, 5) is 33.1. The first kappa shape index (κ1) is 44.0. The van der Waals surface area contributed by atoms with Crippen LogP contribution in [0.15, 0.2) is 42.6 Å². The minimum atomic E-state index is -1.75. The Bertz CT molecular complexity index is 1600. The number of cyclic esters (lactones) is 1. The molecule has 2 N–H and O–H groups in total. The van der Waals surface area contributed by atoms with Crippen molar-refractivity contribution in [3.63, 3.8) is 0 Å². The summed E-state index contributed by atoms with van der Waals surface area (Å²) in [6.45, 7) is 18.5. The van der Waals surface area contributed by atoms with Crippen LogP contribution in [0, 0.1) is 29.6 Å². The molecule has 0 spiro atoms. The van der Waals surface area contributed by atoms with Crippen molar-refractivity contribution in [1.82, 2.24) is 4.98 Å². The normalized spacial score (nSPS) is 40.4. The van der Waals surface area contributed by atoms with Crippen molar-refractivity contribution in [2.24, 2.45) is 29.6 Å². The summed E-state index contributed by atoms with van der Waals surface area (Å²) in [6, 6.07) is 9.90. The van der Waals surface area contributed by atoms with Gasteiger partial charge in [0.05, 0.1) is 47.6 Å². The van der Waals surface area contributed by atoms with Gasteiger partial charge in [0.2, 0.25) is 0 Å². The zero-order valence-corrected chi connectivity index (χ0v) is 34.4. The summed E-state index contributed by atoms with van der Waals surface area (Å²) >= 11 is 0. The minimum Gasteiger partial charge on any atom is -0.459 e. The van der Waals surface area contributed by atoms with Gasteiger partial charge in [-0.3, -0.25) is 14.6 Å². The van der Waals surface area contributed by atoms with Crippen molar-refractivity contribution in [3.8, 4) is 0 Å². The Hall–Kier alpha value is -2.77. The number of carbonyl (C=O) groups excluding carboxylic acids is 2. The molecule has 0 unspecified atom stereocenters. The Morgan fingerprint density at radius 3 is 2.28 bits per heavy atom. The van der Waals surface area contributed by atoms with Gasteiger partial charge in [0, 0.05) is 44.1 Å². The lowest BCUT2D eigenvalue weighted by molar-refractivity contribution is -0.298. The highest BCUT2D eigenvalue weighted by Gasteiger charge is 2.52. The number of esters is 1. The molecule has 14 atom stereocenters. The highest BCUT2D eigenvalue weighted by molar-refractivity contribution is 5.84. The molecule has 54 heavy (non-hydrogen) atoms. The molecule has 0 aliphatic carbocycles. The first-order chi connectivity index (χ1) is 25.3. The van der Waals surface area contributed by atoms with Crippen LogP contribution < -0.4 is 0 Å². The van der Waals surface area contributed by atoms with E-state index in [1.54, 1.807) is 48.1 Å². The number of Topliss-reactive ketones (excluding diaryl/α,β-unsaturated/α-hetero) is 1. The summed E-state index contributed by atoms with van der Waals surface area (Å²) in [5.74, 6) is -3.16.